The number of nitrogens with two attached hydrogens (primary N) is 1. The molecule has 172 valence electrons. The topological polar surface area (TPSA) is 118 Å². The van der Waals surface area contributed by atoms with Gasteiger partial charge in [-0.1, -0.05) is 23.2 Å². The number of carbonyl (C=O) groups is 1. The summed E-state index contributed by atoms with van der Waals surface area (Å²) < 4.78 is 37.8. The summed E-state index contributed by atoms with van der Waals surface area (Å²) in [5.41, 5.74) is 7.83. The predicted octanol–water partition coefficient (Wildman–Crippen LogP) is 4.09. The Kier molecular flexibility index (Phi) is 5.99. The van der Waals surface area contributed by atoms with Crippen LogP contribution in [-0.2, 0) is 4.79 Å². The first-order valence-corrected chi connectivity index (χ1v) is 10.4. The highest BCUT2D eigenvalue weighted by Crippen LogP contribution is 2.40. The van der Waals surface area contributed by atoms with Crippen LogP contribution in [0.1, 0.15) is 12.8 Å². The van der Waals surface area contributed by atoms with E-state index in [9.17, 15) is 13.2 Å². The molecule has 4 N–H and O–H groups in total. The Morgan fingerprint density at radius 2 is 1.97 bits per heavy atom. The van der Waals surface area contributed by atoms with Crippen molar-refractivity contribution in [1.29, 1.82) is 0 Å². The van der Waals surface area contributed by atoms with E-state index in [0.29, 0.717) is 38.7 Å². The van der Waals surface area contributed by atoms with Gasteiger partial charge in [0.15, 0.2) is 17.0 Å². The quantitative estimate of drug-likeness (QED) is 0.465. The lowest BCUT2D eigenvalue weighted by Crippen LogP contribution is -2.40. The number of benzene rings is 1. The zero-order valence-corrected chi connectivity index (χ0v) is 17.9. The fourth-order valence-corrected chi connectivity index (χ4v) is 4.64. The van der Waals surface area contributed by atoms with E-state index in [4.69, 9.17) is 43.3 Å². The van der Waals surface area contributed by atoms with Crippen molar-refractivity contribution in [2.24, 2.45) is 5.92 Å². The molecule has 0 amide bonds. The van der Waals surface area contributed by atoms with Crippen LogP contribution in [0.3, 0.4) is 0 Å². The molecule has 2 unspecified atom stereocenters. The number of anilines is 2. The van der Waals surface area contributed by atoms with Crippen LogP contribution < -0.4 is 16.0 Å². The Labute approximate surface area is 189 Å². The third kappa shape index (κ3) is 4.37. The monoisotopic (exact) mass is 491 g/mol. The fourth-order valence-electron chi connectivity index (χ4n) is 4.11. The van der Waals surface area contributed by atoms with Crippen LogP contribution in [-0.4, -0.2) is 52.9 Å². The minimum absolute atomic E-state index is 0.226. The Morgan fingerprint density at radius 1 is 1.25 bits per heavy atom. The van der Waals surface area contributed by atoms with Gasteiger partial charge < -0.3 is 25.5 Å². The second-order valence-electron chi connectivity index (χ2n) is 7.62. The Balaban J connectivity index is 0.000000307. The van der Waals surface area contributed by atoms with Gasteiger partial charge in [-0.05, 0) is 37.4 Å². The van der Waals surface area contributed by atoms with Gasteiger partial charge in [-0.3, -0.25) is 0 Å². The van der Waals surface area contributed by atoms with Crippen molar-refractivity contribution in [3.05, 3.63) is 22.2 Å². The van der Waals surface area contributed by atoms with Crippen molar-refractivity contribution in [2.45, 2.75) is 25.1 Å². The highest BCUT2D eigenvalue weighted by molar-refractivity contribution is 6.39. The van der Waals surface area contributed by atoms with Gasteiger partial charge in [0.1, 0.15) is 5.52 Å². The summed E-state index contributed by atoms with van der Waals surface area (Å²) in [7, 11) is 0. The molecule has 2 aliphatic heterocycles. The first-order valence-electron chi connectivity index (χ1n) is 9.68. The summed E-state index contributed by atoms with van der Waals surface area (Å²) in [6.45, 7) is 2.91. The van der Waals surface area contributed by atoms with Gasteiger partial charge >= 0.3 is 12.1 Å². The number of hydrogen-bond acceptors (Lipinski definition) is 7. The maximum atomic E-state index is 10.6. The molecule has 0 bridgehead atoms. The smallest absolute Gasteiger partial charge is 0.475 e. The number of hydrogen-bond donors (Lipinski definition) is 3. The molecule has 4 heterocycles. The van der Waals surface area contributed by atoms with Gasteiger partial charge in [-0.2, -0.15) is 18.2 Å². The van der Waals surface area contributed by atoms with Crippen LogP contribution >= 0.6 is 23.2 Å². The summed E-state index contributed by atoms with van der Waals surface area (Å²) in [4.78, 5) is 20.0. The molecule has 1 aromatic carbocycles. The lowest BCUT2D eigenvalue weighted by Gasteiger charge is -2.24. The molecule has 2 saturated heterocycles. The predicted molar refractivity (Wildman–Crippen MR) is 114 cm³/mol. The van der Waals surface area contributed by atoms with Crippen LogP contribution in [0.15, 0.2) is 16.5 Å². The highest BCUT2D eigenvalue weighted by Gasteiger charge is 2.38. The van der Waals surface area contributed by atoms with E-state index in [0.717, 1.165) is 30.8 Å². The lowest BCUT2D eigenvalue weighted by atomic mass is 9.94. The number of nitrogens with zero attached hydrogens (tertiary/aromatic N) is 3. The molecule has 0 radical (unpaired) electrons. The molecule has 0 aliphatic carbocycles. The Bertz CT molecular complexity index is 1170. The molecule has 0 saturated carbocycles. The number of rotatable bonds is 1. The average Bonchev–Trinajstić information content (AvgIpc) is 3.29. The van der Waals surface area contributed by atoms with Crippen molar-refractivity contribution in [3.8, 4) is 0 Å². The number of halogens is 5. The molecule has 2 aliphatic rings. The van der Waals surface area contributed by atoms with E-state index in [1.165, 1.54) is 12.8 Å². The number of carboxylic acid groups (broad SMARTS) is 1. The number of aliphatic carboxylic acids is 1. The summed E-state index contributed by atoms with van der Waals surface area (Å²) in [6, 6.07) is 3.96. The van der Waals surface area contributed by atoms with Crippen molar-refractivity contribution < 1.29 is 27.5 Å². The summed E-state index contributed by atoms with van der Waals surface area (Å²) in [5.74, 6) is -1.17. The largest absolute Gasteiger partial charge is 0.490 e. The summed E-state index contributed by atoms with van der Waals surface area (Å²) in [5, 5.41) is 12.5. The van der Waals surface area contributed by atoms with Crippen LogP contribution in [0.25, 0.3) is 22.1 Å². The number of furan rings is 1. The molecule has 32 heavy (non-hydrogen) atoms. The molecular weight excluding hydrogens is 474 g/mol. The van der Waals surface area contributed by atoms with E-state index < -0.39 is 12.1 Å². The van der Waals surface area contributed by atoms with Crippen molar-refractivity contribution in [2.75, 3.05) is 30.3 Å². The first kappa shape index (κ1) is 22.7. The normalized spacial score (nSPS) is 20.8. The van der Waals surface area contributed by atoms with E-state index in [2.05, 4.69) is 20.2 Å². The number of nitrogen functional groups attached to an aromatic ring is 1. The van der Waals surface area contributed by atoms with Gasteiger partial charge in [0.05, 0.1) is 10.4 Å². The van der Waals surface area contributed by atoms with Gasteiger partial charge in [0.2, 0.25) is 5.95 Å². The lowest BCUT2D eigenvalue weighted by molar-refractivity contribution is -0.192. The van der Waals surface area contributed by atoms with E-state index >= 15 is 0 Å². The Morgan fingerprint density at radius 3 is 2.62 bits per heavy atom. The van der Waals surface area contributed by atoms with Crippen molar-refractivity contribution in [1.82, 2.24) is 15.3 Å². The number of fused-ring (bicyclic) bond motifs is 4. The molecule has 5 rings (SSSR count). The average molecular weight is 492 g/mol. The second-order valence-corrected chi connectivity index (χ2v) is 8.46. The highest BCUT2D eigenvalue weighted by atomic mass is 35.5. The second kappa shape index (κ2) is 8.45. The molecule has 13 heteroatoms. The Hall–Kier alpha value is -2.50. The zero-order valence-electron chi connectivity index (χ0n) is 16.4. The molecule has 0 spiro atoms. The number of alkyl halides is 3. The van der Waals surface area contributed by atoms with Crippen LogP contribution in [0.2, 0.25) is 10.0 Å². The molecular formula is C19H18Cl2F3N5O3. The van der Waals surface area contributed by atoms with Gasteiger partial charge in [-0.15, -0.1) is 0 Å². The molecule has 3 aromatic rings. The first-order chi connectivity index (χ1) is 15.0. The zero-order chi connectivity index (χ0) is 23.2. The number of piperidine rings is 1. The molecule has 2 fully saturated rings. The van der Waals surface area contributed by atoms with Gasteiger partial charge in [0, 0.05) is 24.2 Å². The standard InChI is InChI=1S/C17H17Cl2N5O.C2HF3O2/c18-9-4-10-13-15(25-14(10)11(19)5-9)16(23-17(20)22-13)24-6-8-2-1-3-21-12(8)7-24;3-2(4,5)1(6)7/h4-5,8,12,21H,1-3,6-7H2,(H2,20,22,23);(H,6,7). The minimum Gasteiger partial charge on any atom is -0.475 e. The van der Waals surface area contributed by atoms with Gasteiger partial charge in [-0.25, -0.2) is 9.78 Å². The fraction of sp³-hybridized carbons (Fsp3) is 0.421. The molecule has 2 aromatic heterocycles. The van der Waals surface area contributed by atoms with E-state index in [1.54, 1.807) is 12.1 Å². The van der Waals surface area contributed by atoms with Crippen LogP contribution in [0, 0.1) is 5.92 Å². The summed E-state index contributed by atoms with van der Waals surface area (Å²) >= 11 is 12.5. The number of nitrogens with one attached hydrogen (secondary N) is 1. The number of carboxylic acids is 1. The SMILES string of the molecule is Nc1nc(N2CC3CCCNC3C2)c2oc3c(Cl)cc(Cl)cc3c2n1.O=C(O)C(F)(F)F. The third-order valence-electron chi connectivity index (χ3n) is 5.47. The van der Waals surface area contributed by atoms with Crippen LogP contribution in [0.5, 0.6) is 0 Å². The van der Waals surface area contributed by atoms with Crippen molar-refractivity contribution in [3.63, 3.8) is 0 Å². The third-order valence-corrected chi connectivity index (χ3v) is 5.97. The summed E-state index contributed by atoms with van der Waals surface area (Å²) in [6.07, 6.45) is -2.63. The maximum Gasteiger partial charge on any atom is 0.490 e. The molecule has 8 nitrogen and oxygen atoms in total. The maximum absolute atomic E-state index is 10.6. The van der Waals surface area contributed by atoms with Gasteiger partial charge in [0.25, 0.3) is 0 Å². The number of aromatic nitrogens is 2. The van der Waals surface area contributed by atoms with E-state index in [1.807, 2.05) is 0 Å². The van der Waals surface area contributed by atoms with E-state index in [-0.39, 0.29) is 5.95 Å². The van der Waals surface area contributed by atoms with Crippen molar-refractivity contribution >= 4 is 63.0 Å². The minimum atomic E-state index is -5.08. The molecule has 2 atom stereocenters. The van der Waals surface area contributed by atoms with Crippen LogP contribution in [0.4, 0.5) is 24.9 Å².